The molecule has 0 radical (unpaired) electrons. The summed E-state index contributed by atoms with van der Waals surface area (Å²) in [7, 11) is 1.79. The maximum Gasteiger partial charge on any atom is 0.205 e. The number of rotatable bonds is 1. The van der Waals surface area contributed by atoms with Gasteiger partial charge in [-0.2, -0.15) is 0 Å². The highest BCUT2D eigenvalue weighted by molar-refractivity contribution is 6.39. The molecule has 1 aliphatic heterocycles. The van der Waals surface area contributed by atoms with Crippen LogP contribution < -0.4 is 0 Å². The minimum absolute atomic E-state index is 0.0846. The number of hydrogen-bond acceptors (Lipinski definition) is 5. The highest BCUT2D eigenvalue weighted by Crippen LogP contribution is 2.37. The van der Waals surface area contributed by atoms with E-state index in [0.29, 0.717) is 23.6 Å². The van der Waals surface area contributed by atoms with Crippen molar-refractivity contribution in [1.29, 1.82) is 0 Å². The van der Waals surface area contributed by atoms with Crippen molar-refractivity contribution >= 4 is 11.6 Å². The second-order valence-corrected chi connectivity index (χ2v) is 5.97. The van der Waals surface area contributed by atoms with Crippen molar-refractivity contribution in [1.82, 2.24) is 4.90 Å². The SMILES string of the molecule is CN1C[C@H](c2cccc(O)c2)OC1=C1C(=O)c2ccccc2C1=O. The third kappa shape index (κ3) is 2.09. The zero-order valence-corrected chi connectivity index (χ0v) is 13.0. The van der Waals surface area contributed by atoms with Crippen LogP contribution in [0.25, 0.3) is 0 Å². The Hall–Kier alpha value is -3.08. The van der Waals surface area contributed by atoms with Crippen LogP contribution in [0.3, 0.4) is 0 Å². The number of phenols is 1. The third-order valence-electron chi connectivity index (χ3n) is 4.37. The third-order valence-corrected chi connectivity index (χ3v) is 4.37. The Morgan fingerprint density at radius 3 is 2.33 bits per heavy atom. The fourth-order valence-corrected chi connectivity index (χ4v) is 3.19. The van der Waals surface area contributed by atoms with Crippen LogP contribution in [0, 0.1) is 0 Å². The summed E-state index contributed by atoms with van der Waals surface area (Å²) in [6, 6.07) is 13.6. The lowest BCUT2D eigenvalue weighted by Crippen LogP contribution is -2.17. The molecule has 2 aromatic carbocycles. The molecule has 0 amide bonds. The summed E-state index contributed by atoms with van der Waals surface area (Å²) in [5.41, 5.74) is 1.72. The molecule has 4 rings (SSSR count). The van der Waals surface area contributed by atoms with Gasteiger partial charge in [-0.15, -0.1) is 0 Å². The Morgan fingerprint density at radius 2 is 1.71 bits per heavy atom. The van der Waals surface area contributed by atoms with Gasteiger partial charge in [0, 0.05) is 18.2 Å². The molecule has 24 heavy (non-hydrogen) atoms. The molecule has 1 atom stereocenters. The maximum absolute atomic E-state index is 12.6. The number of carbonyl (C=O) groups excluding carboxylic acids is 2. The summed E-state index contributed by atoms with van der Waals surface area (Å²) in [6.07, 6.45) is -0.339. The van der Waals surface area contributed by atoms with E-state index < -0.39 is 0 Å². The van der Waals surface area contributed by atoms with Crippen molar-refractivity contribution in [3.63, 3.8) is 0 Å². The predicted molar refractivity (Wildman–Crippen MR) is 86.7 cm³/mol. The minimum Gasteiger partial charge on any atom is -0.508 e. The van der Waals surface area contributed by atoms with Crippen LogP contribution >= 0.6 is 0 Å². The molecule has 2 aromatic rings. The number of ketones is 2. The van der Waals surface area contributed by atoms with Gasteiger partial charge in [-0.1, -0.05) is 36.4 Å². The Kier molecular flexibility index (Phi) is 3.16. The van der Waals surface area contributed by atoms with E-state index in [1.54, 1.807) is 54.4 Å². The molecular weight excluding hydrogens is 306 g/mol. The van der Waals surface area contributed by atoms with Crippen LogP contribution in [0.2, 0.25) is 0 Å². The molecule has 1 aliphatic carbocycles. The van der Waals surface area contributed by atoms with Crippen molar-refractivity contribution in [2.75, 3.05) is 13.6 Å². The molecule has 0 bridgehead atoms. The Bertz CT molecular complexity index is 863. The summed E-state index contributed by atoms with van der Waals surface area (Å²) < 4.78 is 5.92. The monoisotopic (exact) mass is 321 g/mol. The molecule has 0 spiro atoms. The lowest BCUT2D eigenvalue weighted by atomic mass is 10.1. The molecule has 1 heterocycles. The Labute approximate surface area is 138 Å². The summed E-state index contributed by atoms with van der Waals surface area (Å²) in [6.45, 7) is 0.499. The molecule has 2 aliphatic rings. The van der Waals surface area contributed by atoms with Gasteiger partial charge in [-0.05, 0) is 17.7 Å². The maximum atomic E-state index is 12.6. The zero-order valence-electron chi connectivity index (χ0n) is 13.0. The van der Waals surface area contributed by atoms with E-state index in [0.717, 1.165) is 5.56 Å². The second kappa shape index (κ2) is 5.23. The Morgan fingerprint density at radius 1 is 1.04 bits per heavy atom. The molecular formula is C19H15NO4. The predicted octanol–water partition coefficient (Wildman–Crippen LogP) is 2.69. The van der Waals surface area contributed by atoms with Crippen LogP contribution in [-0.2, 0) is 4.74 Å². The van der Waals surface area contributed by atoms with Gasteiger partial charge in [-0.25, -0.2) is 0 Å². The number of likely N-dealkylation sites (N-methyl/N-ethyl adjacent to an activating group) is 1. The minimum atomic E-state index is -0.339. The second-order valence-electron chi connectivity index (χ2n) is 5.97. The smallest absolute Gasteiger partial charge is 0.205 e. The normalized spacial score (nSPS) is 19.7. The summed E-state index contributed by atoms with van der Waals surface area (Å²) in [5, 5.41) is 9.63. The van der Waals surface area contributed by atoms with Gasteiger partial charge >= 0.3 is 0 Å². The molecule has 0 unspecified atom stereocenters. The largest absolute Gasteiger partial charge is 0.508 e. The van der Waals surface area contributed by atoms with E-state index in [-0.39, 0.29) is 29.0 Å². The van der Waals surface area contributed by atoms with E-state index >= 15 is 0 Å². The molecule has 0 aromatic heterocycles. The van der Waals surface area contributed by atoms with Crippen LogP contribution in [0.4, 0.5) is 0 Å². The van der Waals surface area contributed by atoms with Crippen LogP contribution in [0.15, 0.2) is 60.0 Å². The quantitative estimate of drug-likeness (QED) is 0.646. The number of aromatic hydroxyl groups is 1. The standard InChI is InChI=1S/C19H15NO4/c1-20-10-15(11-5-4-6-12(21)9-11)24-19(20)16-17(22)13-7-2-3-8-14(13)18(16)23/h2-9,15,21H,10H2,1H3/t15-/m1/s1. The van der Waals surface area contributed by atoms with Crippen LogP contribution in [0.1, 0.15) is 32.4 Å². The van der Waals surface area contributed by atoms with Gasteiger partial charge < -0.3 is 14.7 Å². The Balaban J connectivity index is 1.74. The number of fused-ring (bicyclic) bond motifs is 1. The highest BCUT2D eigenvalue weighted by atomic mass is 16.5. The first-order chi connectivity index (χ1) is 11.6. The molecule has 120 valence electrons. The van der Waals surface area contributed by atoms with Crippen molar-refractivity contribution in [2.45, 2.75) is 6.10 Å². The average Bonchev–Trinajstić information content (AvgIpc) is 3.07. The molecule has 5 heteroatoms. The number of allylic oxidation sites excluding steroid dienone is 1. The zero-order chi connectivity index (χ0) is 16.8. The fraction of sp³-hybridized carbons (Fsp3) is 0.158. The van der Waals surface area contributed by atoms with Gasteiger partial charge in [0.1, 0.15) is 17.4 Å². The first-order valence-electron chi connectivity index (χ1n) is 7.65. The summed E-state index contributed by atoms with van der Waals surface area (Å²) >= 11 is 0. The van der Waals surface area contributed by atoms with E-state index in [4.69, 9.17) is 4.74 Å². The number of Topliss-reactive ketones (excluding diaryl/α,β-unsaturated/α-hetero) is 2. The van der Waals surface area contributed by atoms with Gasteiger partial charge in [0.15, 0.2) is 0 Å². The topological polar surface area (TPSA) is 66.8 Å². The molecule has 5 nitrogen and oxygen atoms in total. The van der Waals surface area contributed by atoms with Crippen molar-refractivity contribution in [3.05, 3.63) is 76.7 Å². The number of ether oxygens (including phenoxy) is 1. The van der Waals surface area contributed by atoms with Crippen molar-refractivity contribution in [3.8, 4) is 5.75 Å². The van der Waals surface area contributed by atoms with Crippen LogP contribution in [-0.4, -0.2) is 35.2 Å². The fourth-order valence-electron chi connectivity index (χ4n) is 3.19. The van der Waals surface area contributed by atoms with E-state index in [1.807, 2.05) is 6.07 Å². The van der Waals surface area contributed by atoms with Gasteiger partial charge in [0.05, 0.1) is 6.54 Å². The first-order valence-corrected chi connectivity index (χ1v) is 7.65. The van der Waals surface area contributed by atoms with E-state index in [1.165, 1.54) is 0 Å². The number of benzene rings is 2. The van der Waals surface area contributed by atoms with E-state index in [2.05, 4.69) is 0 Å². The highest BCUT2D eigenvalue weighted by Gasteiger charge is 2.40. The van der Waals surface area contributed by atoms with Crippen LogP contribution in [0.5, 0.6) is 5.75 Å². The van der Waals surface area contributed by atoms with Gasteiger partial charge in [0.25, 0.3) is 0 Å². The molecule has 1 fully saturated rings. The van der Waals surface area contributed by atoms with E-state index in [9.17, 15) is 14.7 Å². The lowest BCUT2D eigenvalue weighted by molar-refractivity contribution is 0.0957. The summed E-state index contributed by atoms with van der Waals surface area (Å²) in [4.78, 5) is 27.0. The van der Waals surface area contributed by atoms with Gasteiger partial charge in [0.2, 0.25) is 17.4 Å². The van der Waals surface area contributed by atoms with Crippen molar-refractivity contribution < 1.29 is 19.4 Å². The number of carbonyl (C=O) groups is 2. The number of nitrogens with zero attached hydrogens (tertiary/aromatic N) is 1. The average molecular weight is 321 g/mol. The summed E-state index contributed by atoms with van der Waals surface area (Å²) in [5.74, 6) is -0.141. The lowest BCUT2D eigenvalue weighted by Gasteiger charge is -2.11. The molecule has 1 saturated heterocycles. The first kappa shape index (κ1) is 14.5. The van der Waals surface area contributed by atoms with Gasteiger partial charge in [-0.3, -0.25) is 9.59 Å². The molecule has 0 saturated carbocycles. The number of hydrogen-bond donors (Lipinski definition) is 1. The number of phenolic OH excluding ortho intramolecular Hbond substituents is 1. The van der Waals surface area contributed by atoms with Crippen molar-refractivity contribution in [2.24, 2.45) is 0 Å². The molecule has 1 N–H and O–H groups in total.